The molecule has 2 rings (SSSR count). The molecule has 0 saturated heterocycles. The van der Waals surface area contributed by atoms with Crippen molar-refractivity contribution in [2.45, 2.75) is 19.6 Å². The zero-order chi connectivity index (χ0) is 12.8. The predicted octanol–water partition coefficient (Wildman–Crippen LogP) is 3.31. The molecular formula is C10H9ClF3N3. The van der Waals surface area contributed by atoms with Gasteiger partial charge in [0.2, 0.25) is 0 Å². The van der Waals surface area contributed by atoms with Gasteiger partial charge < -0.3 is 10.3 Å². The number of fused-ring (bicyclic) bond motifs is 1. The molecular weight excluding hydrogens is 255 g/mol. The number of hydrogen-bond donors (Lipinski definition) is 1. The van der Waals surface area contributed by atoms with Crippen molar-refractivity contribution in [1.29, 1.82) is 0 Å². The molecule has 1 aromatic heterocycles. The first-order chi connectivity index (χ1) is 7.86. The van der Waals surface area contributed by atoms with Gasteiger partial charge in [-0.2, -0.15) is 13.2 Å². The zero-order valence-electron chi connectivity index (χ0n) is 8.85. The maximum Gasteiger partial charge on any atom is 0.418 e. The number of alkyl halides is 3. The lowest BCUT2D eigenvalue weighted by molar-refractivity contribution is -0.137. The van der Waals surface area contributed by atoms with Crippen molar-refractivity contribution < 1.29 is 13.2 Å². The standard InChI is InChI=1S/C10H9ClF3N3/c1-2-17-4-16-6-3-5(10(12,13)14)7(11)8(15)9(6)17/h3-4H,2,15H2,1H3. The molecule has 0 bridgehead atoms. The molecule has 3 nitrogen and oxygen atoms in total. The van der Waals surface area contributed by atoms with Gasteiger partial charge in [0.05, 0.1) is 33.6 Å². The Morgan fingerprint density at radius 1 is 1.47 bits per heavy atom. The molecule has 0 saturated carbocycles. The van der Waals surface area contributed by atoms with Gasteiger partial charge in [0, 0.05) is 6.54 Å². The first kappa shape index (κ1) is 12.0. The van der Waals surface area contributed by atoms with Crippen molar-refractivity contribution in [3.8, 4) is 0 Å². The zero-order valence-corrected chi connectivity index (χ0v) is 9.60. The van der Waals surface area contributed by atoms with Crippen LogP contribution in [0, 0.1) is 0 Å². The number of imidazole rings is 1. The van der Waals surface area contributed by atoms with E-state index in [9.17, 15) is 13.2 Å². The fourth-order valence-corrected chi connectivity index (χ4v) is 1.94. The van der Waals surface area contributed by atoms with Crippen LogP contribution in [0.3, 0.4) is 0 Å². The highest BCUT2D eigenvalue weighted by Crippen LogP contribution is 2.40. The predicted molar refractivity (Wildman–Crippen MR) is 59.8 cm³/mol. The van der Waals surface area contributed by atoms with Crippen LogP contribution in [-0.2, 0) is 12.7 Å². The van der Waals surface area contributed by atoms with Crippen molar-refractivity contribution in [2.24, 2.45) is 0 Å². The second kappa shape index (κ2) is 3.80. The molecule has 92 valence electrons. The fraction of sp³-hybridized carbons (Fsp3) is 0.300. The fourth-order valence-electron chi connectivity index (χ4n) is 1.69. The van der Waals surface area contributed by atoms with Crippen molar-refractivity contribution in [1.82, 2.24) is 9.55 Å². The monoisotopic (exact) mass is 263 g/mol. The summed E-state index contributed by atoms with van der Waals surface area (Å²) in [7, 11) is 0. The second-order valence-electron chi connectivity index (χ2n) is 3.55. The van der Waals surface area contributed by atoms with Crippen LogP contribution in [0.1, 0.15) is 12.5 Å². The van der Waals surface area contributed by atoms with Gasteiger partial charge in [-0.05, 0) is 13.0 Å². The minimum absolute atomic E-state index is 0.0872. The minimum atomic E-state index is -4.53. The van der Waals surface area contributed by atoms with Crippen molar-refractivity contribution in [3.05, 3.63) is 23.0 Å². The van der Waals surface area contributed by atoms with Gasteiger partial charge in [-0.25, -0.2) is 4.98 Å². The van der Waals surface area contributed by atoms with Gasteiger partial charge in [-0.1, -0.05) is 11.6 Å². The molecule has 0 amide bonds. The lowest BCUT2D eigenvalue weighted by atomic mass is 10.1. The number of rotatable bonds is 1. The number of halogens is 4. The first-order valence-electron chi connectivity index (χ1n) is 4.86. The second-order valence-corrected chi connectivity index (χ2v) is 3.93. The van der Waals surface area contributed by atoms with E-state index in [1.165, 1.54) is 6.33 Å². The van der Waals surface area contributed by atoms with Crippen LogP contribution in [0.2, 0.25) is 5.02 Å². The lowest BCUT2D eigenvalue weighted by Crippen LogP contribution is -2.08. The number of anilines is 1. The summed E-state index contributed by atoms with van der Waals surface area (Å²) in [5, 5.41) is -0.472. The Morgan fingerprint density at radius 3 is 2.65 bits per heavy atom. The number of benzene rings is 1. The van der Waals surface area contributed by atoms with Gasteiger partial charge in [0.25, 0.3) is 0 Å². The summed E-state index contributed by atoms with van der Waals surface area (Å²) in [6, 6.07) is 0.917. The third kappa shape index (κ3) is 1.82. The maximum atomic E-state index is 12.7. The van der Waals surface area contributed by atoms with Crippen LogP contribution in [0.15, 0.2) is 12.4 Å². The average Bonchev–Trinajstić information content (AvgIpc) is 2.64. The SMILES string of the molecule is CCn1cnc2cc(C(F)(F)F)c(Cl)c(N)c21. The molecule has 1 aromatic carbocycles. The van der Waals surface area contributed by atoms with Crippen molar-refractivity contribution in [3.63, 3.8) is 0 Å². The summed E-state index contributed by atoms with van der Waals surface area (Å²) >= 11 is 5.66. The van der Waals surface area contributed by atoms with E-state index in [1.54, 1.807) is 4.57 Å². The molecule has 7 heteroatoms. The van der Waals surface area contributed by atoms with E-state index < -0.39 is 16.8 Å². The van der Waals surface area contributed by atoms with Gasteiger partial charge in [0.15, 0.2) is 0 Å². The smallest absolute Gasteiger partial charge is 0.396 e. The summed E-state index contributed by atoms with van der Waals surface area (Å²) in [6.07, 6.45) is -3.09. The van der Waals surface area contributed by atoms with Crippen LogP contribution in [0.5, 0.6) is 0 Å². The largest absolute Gasteiger partial charge is 0.418 e. The van der Waals surface area contributed by atoms with E-state index in [-0.39, 0.29) is 11.2 Å². The third-order valence-electron chi connectivity index (χ3n) is 2.52. The Labute approximate surface area is 100.0 Å². The van der Waals surface area contributed by atoms with E-state index in [0.29, 0.717) is 12.1 Å². The Hall–Kier alpha value is -1.43. The van der Waals surface area contributed by atoms with Crippen molar-refractivity contribution in [2.75, 3.05) is 5.73 Å². The van der Waals surface area contributed by atoms with E-state index in [1.807, 2.05) is 6.92 Å². The number of aryl methyl sites for hydroxylation is 1. The van der Waals surface area contributed by atoms with Crippen LogP contribution < -0.4 is 5.73 Å². The number of nitrogens with zero attached hydrogens (tertiary/aromatic N) is 2. The number of nitrogens with two attached hydrogens (primary N) is 1. The summed E-state index contributed by atoms with van der Waals surface area (Å²) in [4.78, 5) is 3.89. The molecule has 0 atom stereocenters. The Morgan fingerprint density at radius 2 is 2.12 bits per heavy atom. The minimum Gasteiger partial charge on any atom is -0.396 e. The quantitative estimate of drug-likeness (QED) is 0.802. The highest BCUT2D eigenvalue weighted by Gasteiger charge is 2.35. The van der Waals surface area contributed by atoms with Gasteiger partial charge >= 0.3 is 6.18 Å². The number of hydrogen-bond acceptors (Lipinski definition) is 2. The van der Waals surface area contributed by atoms with Gasteiger partial charge in [0.1, 0.15) is 0 Å². The highest BCUT2D eigenvalue weighted by atomic mass is 35.5. The molecule has 0 aliphatic heterocycles. The molecule has 0 fully saturated rings. The first-order valence-corrected chi connectivity index (χ1v) is 5.24. The molecule has 0 radical (unpaired) electrons. The molecule has 0 aliphatic carbocycles. The summed E-state index contributed by atoms with van der Waals surface area (Å²) in [6.45, 7) is 2.40. The molecule has 17 heavy (non-hydrogen) atoms. The van der Waals surface area contributed by atoms with Crippen LogP contribution >= 0.6 is 11.6 Å². The van der Waals surface area contributed by atoms with Crippen LogP contribution in [-0.4, -0.2) is 9.55 Å². The molecule has 1 heterocycles. The van der Waals surface area contributed by atoms with Crippen molar-refractivity contribution >= 4 is 28.3 Å². The summed E-state index contributed by atoms with van der Waals surface area (Å²) in [5.74, 6) is 0. The molecule has 0 unspecified atom stereocenters. The molecule has 2 aromatic rings. The maximum absolute atomic E-state index is 12.7. The number of aromatic nitrogens is 2. The molecule has 0 spiro atoms. The third-order valence-corrected chi connectivity index (χ3v) is 2.93. The Balaban J connectivity index is 2.82. The Kier molecular flexibility index (Phi) is 2.69. The van der Waals surface area contributed by atoms with Gasteiger partial charge in [-0.15, -0.1) is 0 Å². The highest BCUT2D eigenvalue weighted by molar-refractivity contribution is 6.35. The number of nitrogen functional groups attached to an aromatic ring is 1. The topological polar surface area (TPSA) is 43.8 Å². The summed E-state index contributed by atoms with van der Waals surface area (Å²) < 4.78 is 39.7. The van der Waals surface area contributed by atoms with Gasteiger partial charge in [-0.3, -0.25) is 0 Å². The van der Waals surface area contributed by atoms with E-state index in [4.69, 9.17) is 17.3 Å². The molecule has 0 aliphatic rings. The van der Waals surface area contributed by atoms with Crippen LogP contribution in [0.4, 0.5) is 18.9 Å². The lowest BCUT2D eigenvalue weighted by Gasteiger charge is -2.12. The average molecular weight is 264 g/mol. The molecule has 2 N–H and O–H groups in total. The van der Waals surface area contributed by atoms with Crippen LogP contribution in [0.25, 0.3) is 11.0 Å². The Bertz CT molecular complexity index is 574. The summed E-state index contributed by atoms with van der Waals surface area (Å²) in [5.41, 5.74) is 5.23. The van der Waals surface area contributed by atoms with E-state index in [0.717, 1.165) is 6.07 Å². The normalized spacial score (nSPS) is 12.3. The van der Waals surface area contributed by atoms with E-state index in [2.05, 4.69) is 4.98 Å². The van der Waals surface area contributed by atoms with E-state index >= 15 is 0 Å².